The molecular weight excluding hydrogens is 587 g/mol. The monoisotopic (exact) mass is 609 g/mol. The summed E-state index contributed by atoms with van der Waals surface area (Å²) in [5, 5.41) is 12.4. The molecule has 1 atom stereocenters. The molecule has 216 valence electrons. The molecule has 0 spiro atoms. The first kappa shape index (κ1) is 28.4. The Hall–Kier alpha value is -4.12. The number of hydrogen-bond donors (Lipinski definition) is 3. The van der Waals surface area contributed by atoms with E-state index in [9.17, 15) is 30.0 Å². The Labute approximate surface area is 232 Å². The minimum absolute atomic E-state index is 0.249. The highest BCUT2D eigenvalue weighted by Gasteiger charge is 2.41. The minimum atomic E-state index is -5.15. The number of benzene rings is 3. The second-order valence-corrected chi connectivity index (χ2v) is 12.1. The molecule has 0 bridgehead atoms. The highest BCUT2D eigenvalue weighted by atomic mass is 32.2. The first-order valence-corrected chi connectivity index (χ1v) is 14.7. The summed E-state index contributed by atoms with van der Waals surface area (Å²) in [5.74, 6) is 0.786. The number of primary sulfonamides is 1. The molecule has 5 rings (SSSR count). The lowest BCUT2D eigenvalue weighted by Gasteiger charge is -2.29. The maximum Gasteiger partial charge on any atom is 0.417 e. The van der Waals surface area contributed by atoms with Crippen LogP contribution < -0.4 is 24.7 Å². The molecule has 3 aromatic carbocycles. The Balaban J connectivity index is 1.70. The Bertz CT molecular complexity index is 1860. The van der Waals surface area contributed by atoms with Gasteiger partial charge in [-0.1, -0.05) is 18.2 Å². The predicted molar refractivity (Wildman–Crippen MR) is 142 cm³/mol. The van der Waals surface area contributed by atoms with Gasteiger partial charge in [-0.05, 0) is 42.5 Å². The van der Waals surface area contributed by atoms with E-state index in [4.69, 9.17) is 14.6 Å². The van der Waals surface area contributed by atoms with E-state index in [1.807, 2.05) is 0 Å². The third kappa shape index (κ3) is 5.33. The fourth-order valence-corrected chi connectivity index (χ4v) is 6.56. The lowest BCUT2D eigenvalue weighted by atomic mass is 10.1. The molecule has 0 unspecified atom stereocenters. The molecule has 0 fully saturated rings. The molecule has 0 radical (unpaired) electrons. The van der Waals surface area contributed by atoms with Crippen molar-refractivity contribution >= 4 is 25.7 Å². The van der Waals surface area contributed by atoms with Crippen LogP contribution in [0.4, 0.5) is 18.9 Å². The SMILES string of the molecule is COc1ccc(-c2nn(-c3ccccc3)cc2[C@@H]2Nc3cc(C(F)(F)F)c(S(N)(=O)=O)cc3S(=O)(=O)N2)cc1OC. The zero-order valence-electron chi connectivity index (χ0n) is 21.3. The number of halogens is 3. The Morgan fingerprint density at radius 3 is 2.29 bits per heavy atom. The van der Waals surface area contributed by atoms with Crippen molar-refractivity contribution in [3.8, 4) is 28.4 Å². The van der Waals surface area contributed by atoms with Crippen LogP contribution in [-0.2, 0) is 26.2 Å². The number of methoxy groups -OCH3 is 2. The Morgan fingerprint density at radius 2 is 1.68 bits per heavy atom. The van der Waals surface area contributed by atoms with Gasteiger partial charge in [0.25, 0.3) is 0 Å². The van der Waals surface area contributed by atoms with Crippen LogP contribution in [0.15, 0.2) is 76.7 Å². The third-order valence-electron chi connectivity index (χ3n) is 6.29. The first-order valence-electron chi connectivity index (χ1n) is 11.7. The molecule has 0 saturated heterocycles. The van der Waals surface area contributed by atoms with Crippen molar-refractivity contribution in [1.29, 1.82) is 0 Å². The average molecular weight is 610 g/mol. The number of para-hydroxylation sites is 1. The van der Waals surface area contributed by atoms with Gasteiger partial charge in [0.15, 0.2) is 11.5 Å². The second-order valence-electron chi connectivity index (χ2n) is 8.87. The summed E-state index contributed by atoms with van der Waals surface area (Å²) >= 11 is 0. The number of aromatic nitrogens is 2. The molecule has 0 aliphatic carbocycles. The first-order chi connectivity index (χ1) is 19.2. The van der Waals surface area contributed by atoms with Crippen LogP contribution in [0.5, 0.6) is 11.5 Å². The van der Waals surface area contributed by atoms with Crippen LogP contribution in [0.2, 0.25) is 0 Å². The number of nitrogens with two attached hydrogens (primary N) is 1. The number of hydrogen-bond acceptors (Lipinski definition) is 8. The molecule has 4 aromatic rings. The fourth-order valence-electron chi connectivity index (χ4n) is 4.42. The van der Waals surface area contributed by atoms with Gasteiger partial charge in [-0.2, -0.15) is 23.0 Å². The van der Waals surface area contributed by atoms with Gasteiger partial charge in [-0.3, -0.25) is 0 Å². The molecule has 11 nitrogen and oxygen atoms in total. The molecule has 1 aliphatic rings. The number of rotatable bonds is 6. The smallest absolute Gasteiger partial charge is 0.417 e. The van der Waals surface area contributed by atoms with Crippen LogP contribution in [0.25, 0.3) is 16.9 Å². The lowest BCUT2D eigenvalue weighted by molar-refractivity contribution is -0.139. The van der Waals surface area contributed by atoms with Crippen molar-refractivity contribution in [3.63, 3.8) is 0 Å². The standard InChI is InChI=1S/C25H22F3N5O6S2/c1-38-19-9-8-14(10-20(19)39-2)23-16(13-33(31-23)15-6-4-3-5-7-15)24-30-18-11-17(25(26,27)28)21(40(29,34)35)12-22(18)41(36,37)32-24/h3-13,24,30,32H,1-2H3,(H2,29,34,35)/t24-/m1/s1. The van der Waals surface area contributed by atoms with E-state index < -0.39 is 53.4 Å². The summed E-state index contributed by atoms with van der Waals surface area (Å²) in [6.07, 6.45) is -4.93. The lowest BCUT2D eigenvalue weighted by Crippen LogP contribution is -2.39. The van der Waals surface area contributed by atoms with E-state index in [0.717, 1.165) is 0 Å². The van der Waals surface area contributed by atoms with E-state index >= 15 is 0 Å². The molecule has 4 N–H and O–H groups in total. The summed E-state index contributed by atoms with van der Waals surface area (Å²) in [6.45, 7) is 0. The van der Waals surface area contributed by atoms with Crippen LogP contribution in [-0.4, -0.2) is 40.8 Å². The van der Waals surface area contributed by atoms with Crippen LogP contribution >= 0.6 is 0 Å². The van der Waals surface area contributed by atoms with E-state index in [-0.39, 0.29) is 11.3 Å². The summed E-state index contributed by atoms with van der Waals surface area (Å²) < 4.78 is 106. The van der Waals surface area contributed by atoms with Gasteiger partial charge in [0.05, 0.1) is 41.7 Å². The molecule has 2 heterocycles. The second kappa shape index (κ2) is 10.1. The summed E-state index contributed by atoms with van der Waals surface area (Å²) in [4.78, 5) is -2.08. The Kier molecular flexibility index (Phi) is 6.97. The number of sulfonamides is 2. The van der Waals surface area contributed by atoms with E-state index in [1.165, 1.54) is 25.1 Å². The normalized spacial score (nSPS) is 16.5. The summed E-state index contributed by atoms with van der Waals surface area (Å²) in [6, 6.07) is 14.6. The maximum atomic E-state index is 13.8. The minimum Gasteiger partial charge on any atom is -0.493 e. The van der Waals surface area contributed by atoms with E-state index in [1.54, 1.807) is 48.5 Å². The van der Waals surface area contributed by atoms with Crippen molar-refractivity contribution in [3.05, 3.63) is 78.0 Å². The van der Waals surface area contributed by atoms with Gasteiger partial charge in [0, 0.05) is 17.3 Å². The zero-order chi connectivity index (χ0) is 29.7. The summed E-state index contributed by atoms with van der Waals surface area (Å²) in [7, 11) is -6.57. The highest BCUT2D eigenvalue weighted by Crippen LogP contribution is 2.42. The molecule has 0 amide bonds. The average Bonchev–Trinajstić information content (AvgIpc) is 3.37. The topological polar surface area (TPSA) is 155 Å². The molecule has 1 aromatic heterocycles. The molecule has 0 saturated carbocycles. The zero-order valence-corrected chi connectivity index (χ0v) is 22.9. The van der Waals surface area contributed by atoms with Gasteiger partial charge in [0.2, 0.25) is 20.0 Å². The van der Waals surface area contributed by atoms with Gasteiger partial charge < -0.3 is 14.8 Å². The molecule has 1 aliphatic heterocycles. The number of anilines is 1. The number of ether oxygens (including phenoxy) is 2. The summed E-state index contributed by atoms with van der Waals surface area (Å²) in [5.41, 5.74) is -0.451. The van der Waals surface area contributed by atoms with Crippen molar-refractivity contribution in [2.75, 3.05) is 19.5 Å². The third-order valence-corrected chi connectivity index (χ3v) is 8.70. The number of nitrogens with one attached hydrogen (secondary N) is 2. The molecule has 16 heteroatoms. The highest BCUT2D eigenvalue weighted by molar-refractivity contribution is 7.90. The fraction of sp³-hybridized carbons (Fsp3) is 0.160. The number of nitrogens with zero attached hydrogens (tertiary/aromatic N) is 2. The van der Waals surface area contributed by atoms with Gasteiger partial charge >= 0.3 is 6.18 Å². The number of alkyl halides is 3. The van der Waals surface area contributed by atoms with Crippen LogP contribution in [0.1, 0.15) is 17.3 Å². The van der Waals surface area contributed by atoms with Crippen molar-refractivity contribution in [2.24, 2.45) is 5.14 Å². The predicted octanol–water partition coefficient (Wildman–Crippen LogP) is 3.63. The quantitative estimate of drug-likeness (QED) is 0.300. The molecular formula is C25H22F3N5O6S2. The van der Waals surface area contributed by atoms with E-state index in [2.05, 4.69) is 15.1 Å². The van der Waals surface area contributed by atoms with Gasteiger partial charge in [-0.15, -0.1) is 0 Å². The van der Waals surface area contributed by atoms with Crippen molar-refractivity contribution in [2.45, 2.75) is 22.1 Å². The number of fused-ring (bicyclic) bond motifs is 1. The Morgan fingerprint density at radius 1 is 1.00 bits per heavy atom. The maximum absolute atomic E-state index is 13.8. The largest absolute Gasteiger partial charge is 0.493 e. The van der Waals surface area contributed by atoms with Crippen molar-refractivity contribution < 1.29 is 39.5 Å². The van der Waals surface area contributed by atoms with Gasteiger partial charge in [0.1, 0.15) is 11.1 Å². The van der Waals surface area contributed by atoms with Crippen LogP contribution in [0, 0.1) is 0 Å². The van der Waals surface area contributed by atoms with Gasteiger partial charge in [-0.25, -0.2) is 26.7 Å². The van der Waals surface area contributed by atoms with Crippen LogP contribution in [0.3, 0.4) is 0 Å². The van der Waals surface area contributed by atoms with E-state index in [0.29, 0.717) is 34.9 Å². The van der Waals surface area contributed by atoms with Crippen molar-refractivity contribution in [1.82, 2.24) is 14.5 Å². The molecule has 41 heavy (non-hydrogen) atoms.